The number of fused-ring (bicyclic) bond motifs is 1. The van der Waals surface area contributed by atoms with Crippen LogP contribution in [0, 0.1) is 5.92 Å². The molecule has 2 rings (SSSR count). The van der Waals surface area contributed by atoms with Crippen LogP contribution in [0.2, 0.25) is 0 Å². The van der Waals surface area contributed by atoms with Gasteiger partial charge in [0.05, 0.1) is 17.9 Å². The lowest BCUT2D eigenvalue weighted by atomic mass is 10.0. The highest BCUT2D eigenvalue weighted by Gasteiger charge is 2.17. The molecule has 0 fully saturated rings. The predicted molar refractivity (Wildman–Crippen MR) is 91.4 cm³/mol. The number of carbonyl (C=O) groups excluding carboxylic acids is 2. The molecule has 5 heteroatoms. The Bertz CT molecular complexity index is 725. The Labute approximate surface area is 135 Å². The summed E-state index contributed by atoms with van der Waals surface area (Å²) in [4.78, 5) is 24.5. The molecule has 2 aromatic rings. The van der Waals surface area contributed by atoms with E-state index in [9.17, 15) is 9.59 Å². The molecule has 2 aromatic carbocycles. The largest absolute Gasteiger partial charge is 0.394 e. The first-order valence-corrected chi connectivity index (χ1v) is 7.67. The van der Waals surface area contributed by atoms with Gasteiger partial charge in [0, 0.05) is 12.0 Å². The van der Waals surface area contributed by atoms with Gasteiger partial charge in [0.15, 0.2) is 0 Å². The summed E-state index contributed by atoms with van der Waals surface area (Å²) in [5.74, 6) is -0.658. The van der Waals surface area contributed by atoms with Crippen LogP contribution in [-0.2, 0) is 4.79 Å². The maximum absolute atomic E-state index is 12.5. The van der Waals surface area contributed by atoms with Crippen molar-refractivity contribution in [2.45, 2.75) is 26.8 Å². The molecule has 3 N–H and O–H groups in total. The van der Waals surface area contributed by atoms with Gasteiger partial charge >= 0.3 is 0 Å². The van der Waals surface area contributed by atoms with Crippen molar-refractivity contribution >= 4 is 28.3 Å². The maximum atomic E-state index is 12.5. The van der Waals surface area contributed by atoms with Crippen molar-refractivity contribution < 1.29 is 14.7 Å². The summed E-state index contributed by atoms with van der Waals surface area (Å²) in [5.41, 5.74) is 0.864. The average Bonchev–Trinajstić information content (AvgIpc) is 2.53. The van der Waals surface area contributed by atoms with E-state index in [1.807, 2.05) is 24.3 Å². The minimum absolute atomic E-state index is 0.146. The molecule has 0 heterocycles. The van der Waals surface area contributed by atoms with Crippen LogP contribution < -0.4 is 10.6 Å². The number of anilines is 1. The number of carbonyl (C=O) groups is 2. The molecule has 1 unspecified atom stereocenters. The lowest BCUT2D eigenvalue weighted by Crippen LogP contribution is -2.35. The summed E-state index contributed by atoms with van der Waals surface area (Å²) in [6.45, 7) is 5.16. The minimum atomic E-state index is -0.359. The molecule has 23 heavy (non-hydrogen) atoms. The zero-order chi connectivity index (χ0) is 17.0. The van der Waals surface area contributed by atoms with E-state index in [0.29, 0.717) is 11.3 Å². The summed E-state index contributed by atoms with van der Waals surface area (Å²) in [7, 11) is 0. The van der Waals surface area contributed by atoms with E-state index in [2.05, 4.69) is 10.6 Å². The van der Waals surface area contributed by atoms with Crippen LogP contribution in [0.5, 0.6) is 0 Å². The highest BCUT2D eigenvalue weighted by molar-refractivity contribution is 6.08. The first-order valence-electron chi connectivity index (χ1n) is 7.67. The van der Waals surface area contributed by atoms with Crippen LogP contribution >= 0.6 is 0 Å². The molecule has 2 amide bonds. The third kappa shape index (κ3) is 4.07. The van der Waals surface area contributed by atoms with Crippen LogP contribution in [0.4, 0.5) is 5.69 Å². The summed E-state index contributed by atoms with van der Waals surface area (Å²) >= 11 is 0. The number of amides is 2. The lowest BCUT2D eigenvalue weighted by Gasteiger charge is -2.16. The van der Waals surface area contributed by atoms with Gasteiger partial charge in [0.25, 0.3) is 5.91 Å². The lowest BCUT2D eigenvalue weighted by molar-refractivity contribution is -0.118. The van der Waals surface area contributed by atoms with Crippen LogP contribution in [0.25, 0.3) is 10.8 Å². The monoisotopic (exact) mass is 314 g/mol. The van der Waals surface area contributed by atoms with Crippen LogP contribution in [0.3, 0.4) is 0 Å². The molecule has 0 bridgehead atoms. The number of benzene rings is 2. The van der Waals surface area contributed by atoms with Crippen molar-refractivity contribution in [2.24, 2.45) is 5.92 Å². The van der Waals surface area contributed by atoms with E-state index in [4.69, 9.17) is 5.11 Å². The number of hydrogen-bond acceptors (Lipinski definition) is 3. The number of rotatable bonds is 5. The van der Waals surface area contributed by atoms with Gasteiger partial charge in [0.1, 0.15) is 0 Å². The normalized spacial score (nSPS) is 12.2. The van der Waals surface area contributed by atoms with Gasteiger partial charge in [-0.05, 0) is 29.8 Å². The van der Waals surface area contributed by atoms with Crippen molar-refractivity contribution in [1.29, 1.82) is 0 Å². The minimum Gasteiger partial charge on any atom is -0.394 e. The molecular formula is C18H22N2O3. The molecule has 5 nitrogen and oxygen atoms in total. The Morgan fingerprint density at radius 3 is 2.26 bits per heavy atom. The second-order valence-electron chi connectivity index (χ2n) is 5.95. The van der Waals surface area contributed by atoms with E-state index in [1.54, 1.807) is 32.9 Å². The Kier molecular flexibility index (Phi) is 5.34. The van der Waals surface area contributed by atoms with Gasteiger partial charge in [-0.15, -0.1) is 0 Å². The van der Waals surface area contributed by atoms with Gasteiger partial charge in [-0.25, -0.2) is 0 Å². The Morgan fingerprint density at radius 2 is 1.70 bits per heavy atom. The first kappa shape index (κ1) is 17.0. The van der Waals surface area contributed by atoms with Gasteiger partial charge in [-0.2, -0.15) is 0 Å². The first-order chi connectivity index (χ1) is 10.9. The summed E-state index contributed by atoms with van der Waals surface area (Å²) in [6, 6.07) is 10.8. The standard InChI is InChI=1S/C18H22N2O3/c1-11(2)17(22)20-16-9-14-7-5-4-6-13(14)8-15(16)18(23)19-12(3)10-21/h4-9,11-12,21H,10H2,1-3H3,(H,19,23)(H,20,22). The smallest absolute Gasteiger partial charge is 0.253 e. The van der Waals surface area contributed by atoms with Crippen molar-refractivity contribution in [3.8, 4) is 0 Å². The molecule has 0 spiro atoms. The van der Waals surface area contributed by atoms with Crippen LogP contribution in [0.1, 0.15) is 31.1 Å². The van der Waals surface area contributed by atoms with Crippen molar-refractivity contribution in [3.05, 3.63) is 42.0 Å². The average molecular weight is 314 g/mol. The molecule has 122 valence electrons. The number of nitrogens with one attached hydrogen (secondary N) is 2. The molecule has 1 atom stereocenters. The Morgan fingerprint density at radius 1 is 1.09 bits per heavy atom. The number of aliphatic hydroxyl groups excluding tert-OH is 1. The SMILES string of the molecule is CC(CO)NC(=O)c1cc2ccccc2cc1NC(=O)C(C)C. The van der Waals surface area contributed by atoms with E-state index in [1.165, 1.54) is 0 Å². The summed E-state index contributed by atoms with van der Waals surface area (Å²) in [5, 5.41) is 16.5. The van der Waals surface area contributed by atoms with Crippen molar-refractivity contribution in [3.63, 3.8) is 0 Å². The fraction of sp³-hybridized carbons (Fsp3) is 0.333. The molecule has 0 aliphatic carbocycles. The van der Waals surface area contributed by atoms with E-state index in [-0.39, 0.29) is 30.4 Å². The zero-order valence-electron chi connectivity index (χ0n) is 13.6. The topological polar surface area (TPSA) is 78.4 Å². The van der Waals surface area contributed by atoms with E-state index < -0.39 is 0 Å². The number of hydrogen-bond donors (Lipinski definition) is 3. The fourth-order valence-electron chi connectivity index (χ4n) is 2.16. The highest BCUT2D eigenvalue weighted by atomic mass is 16.3. The highest BCUT2D eigenvalue weighted by Crippen LogP contribution is 2.25. The maximum Gasteiger partial charge on any atom is 0.253 e. The number of aliphatic hydroxyl groups is 1. The van der Waals surface area contributed by atoms with Gasteiger partial charge < -0.3 is 15.7 Å². The van der Waals surface area contributed by atoms with Gasteiger partial charge in [-0.1, -0.05) is 38.1 Å². The van der Waals surface area contributed by atoms with Crippen molar-refractivity contribution in [1.82, 2.24) is 5.32 Å². The Hall–Kier alpha value is -2.40. The summed E-state index contributed by atoms with van der Waals surface area (Å²) < 4.78 is 0. The molecule has 0 aliphatic rings. The van der Waals surface area contributed by atoms with Gasteiger partial charge in [-0.3, -0.25) is 9.59 Å². The Balaban J connectivity index is 2.46. The van der Waals surface area contributed by atoms with E-state index >= 15 is 0 Å². The van der Waals surface area contributed by atoms with E-state index in [0.717, 1.165) is 10.8 Å². The fourth-order valence-corrected chi connectivity index (χ4v) is 2.16. The third-order valence-corrected chi connectivity index (χ3v) is 3.56. The summed E-state index contributed by atoms with van der Waals surface area (Å²) in [6.07, 6.45) is 0. The second kappa shape index (κ2) is 7.24. The zero-order valence-corrected chi connectivity index (χ0v) is 13.6. The quantitative estimate of drug-likeness (QED) is 0.793. The van der Waals surface area contributed by atoms with Crippen LogP contribution in [-0.4, -0.2) is 29.6 Å². The molecular weight excluding hydrogens is 292 g/mol. The third-order valence-electron chi connectivity index (χ3n) is 3.56. The molecule has 0 saturated carbocycles. The van der Waals surface area contributed by atoms with Crippen LogP contribution in [0.15, 0.2) is 36.4 Å². The molecule has 0 radical (unpaired) electrons. The van der Waals surface area contributed by atoms with Crippen molar-refractivity contribution in [2.75, 3.05) is 11.9 Å². The predicted octanol–water partition coefficient (Wildman–Crippen LogP) is 2.54. The molecule has 0 saturated heterocycles. The van der Waals surface area contributed by atoms with Gasteiger partial charge in [0.2, 0.25) is 5.91 Å². The molecule has 0 aromatic heterocycles. The molecule has 0 aliphatic heterocycles. The second-order valence-corrected chi connectivity index (χ2v) is 5.95.